The molecule has 0 aliphatic heterocycles. The summed E-state index contributed by atoms with van der Waals surface area (Å²) in [4.78, 5) is 0. The van der Waals surface area contributed by atoms with Gasteiger partial charge in [-0.05, 0) is 30.3 Å². The van der Waals surface area contributed by atoms with E-state index >= 15 is 0 Å². The fraction of sp³-hybridized carbons (Fsp3) is 0.462. The third-order valence-electron chi connectivity index (χ3n) is 3.34. The van der Waals surface area contributed by atoms with Crippen LogP contribution in [0.4, 0.5) is 8.78 Å². The van der Waals surface area contributed by atoms with Crippen molar-refractivity contribution in [1.29, 1.82) is 5.26 Å². The van der Waals surface area contributed by atoms with E-state index in [1.165, 1.54) is 12.1 Å². The number of nitrogens with zero attached hydrogens (tertiary/aromatic N) is 1. The van der Waals surface area contributed by atoms with Crippen LogP contribution < -0.4 is 4.43 Å². The summed E-state index contributed by atoms with van der Waals surface area (Å²) in [5.41, 5.74) is -0.310. The maximum atomic E-state index is 13.7. The Kier molecular flexibility index (Phi) is 3.82. The van der Waals surface area contributed by atoms with Gasteiger partial charge in [-0.15, -0.1) is 0 Å². The largest absolute Gasteiger partial charge is 0.541 e. The lowest BCUT2D eigenvalue weighted by molar-refractivity contribution is 0.428. The molecule has 0 saturated carbocycles. The lowest BCUT2D eigenvalue weighted by Gasteiger charge is -2.36. The molecule has 1 rings (SSSR count). The van der Waals surface area contributed by atoms with Crippen molar-refractivity contribution in [3.63, 3.8) is 0 Å². The normalized spacial score (nSPS) is 12.1. The fourth-order valence-corrected chi connectivity index (χ4v) is 2.14. The zero-order valence-corrected chi connectivity index (χ0v) is 12.3. The van der Waals surface area contributed by atoms with Crippen molar-refractivity contribution in [2.24, 2.45) is 0 Å². The van der Waals surface area contributed by atoms with Crippen molar-refractivity contribution in [3.05, 3.63) is 29.3 Å². The van der Waals surface area contributed by atoms with Gasteiger partial charge >= 0.3 is 0 Å². The molecule has 0 fully saturated rings. The highest BCUT2D eigenvalue weighted by Crippen LogP contribution is 2.38. The Hall–Kier alpha value is -1.41. The van der Waals surface area contributed by atoms with Crippen LogP contribution >= 0.6 is 0 Å². The van der Waals surface area contributed by atoms with Crippen molar-refractivity contribution in [3.8, 4) is 11.8 Å². The van der Waals surface area contributed by atoms with E-state index in [4.69, 9.17) is 9.69 Å². The summed E-state index contributed by atoms with van der Waals surface area (Å²) in [5.74, 6) is -2.34. The highest BCUT2D eigenvalue weighted by molar-refractivity contribution is 6.74. The predicted molar refractivity (Wildman–Crippen MR) is 68.9 cm³/mol. The van der Waals surface area contributed by atoms with E-state index in [1.54, 1.807) is 6.07 Å². The van der Waals surface area contributed by atoms with E-state index in [1.807, 2.05) is 33.9 Å². The summed E-state index contributed by atoms with van der Waals surface area (Å²) < 4.78 is 32.9. The molecule has 98 valence electrons. The Bertz CT molecular complexity index is 501. The topological polar surface area (TPSA) is 33.0 Å². The Labute approximate surface area is 107 Å². The average molecular weight is 269 g/mol. The number of benzene rings is 1. The molecule has 18 heavy (non-hydrogen) atoms. The highest BCUT2D eigenvalue weighted by Gasteiger charge is 2.39. The van der Waals surface area contributed by atoms with E-state index in [2.05, 4.69) is 0 Å². The van der Waals surface area contributed by atoms with Gasteiger partial charge in [-0.2, -0.15) is 9.65 Å². The van der Waals surface area contributed by atoms with Crippen LogP contribution in [0.5, 0.6) is 5.75 Å². The van der Waals surface area contributed by atoms with Crippen molar-refractivity contribution in [2.45, 2.75) is 38.9 Å². The lowest BCUT2D eigenvalue weighted by Crippen LogP contribution is -2.44. The van der Waals surface area contributed by atoms with Crippen LogP contribution in [0, 0.1) is 23.0 Å². The maximum absolute atomic E-state index is 13.7. The lowest BCUT2D eigenvalue weighted by atomic mass is 10.2. The smallest absolute Gasteiger partial charge is 0.250 e. The standard InChI is InChI=1S/C13H17F2NOSi/c1-13(2,3)18(4,5)17-10-7-6-9(8-16)11(14)12(10)15/h6-7H,1-5H3. The number of halogens is 2. The molecule has 2 nitrogen and oxygen atoms in total. The molecule has 0 bridgehead atoms. The van der Waals surface area contributed by atoms with E-state index in [0.29, 0.717) is 0 Å². The molecule has 0 spiro atoms. The van der Waals surface area contributed by atoms with Gasteiger partial charge in [-0.3, -0.25) is 0 Å². The number of hydrogen-bond acceptors (Lipinski definition) is 2. The van der Waals surface area contributed by atoms with Gasteiger partial charge in [0.15, 0.2) is 5.82 Å². The van der Waals surface area contributed by atoms with E-state index in [-0.39, 0.29) is 16.4 Å². The Morgan fingerprint density at radius 3 is 2.17 bits per heavy atom. The summed E-state index contributed by atoms with van der Waals surface area (Å²) in [6, 6.07) is 4.15. The molecule has 1 aromatic rings. The van der Waals surface area contributed by atoms with Crippen molar-refractivity contribution in [1.82, 2.24) is 0 Å². The monoisotopic (exact) mass is 269 g/mol. The molecule has 1 aromatic carbocycles. The fourth-order valence-electron chi connectivity index (χ4n) is 1.12. The second-order valence-electron chi connectivity index (χ2n) is 5.71. The summed E-state index contributed by atoms with van der Waals surface area (Å²) >= 11 is 0. The third-order valence-corrected chi connectivity index (χ3v) is 7.68. The first-order chi connectivity index (χ1) is 8.10. The quantitative estimate of drug-likeness (QED) is 0.753. The molecule has 0 radical (unpaired) electrons. The highest BCUT2D eigenvalue weighted by atomic mass is 28.4. The summed E-state index contributed by atoms with van der Waals surface area (Å²) in [7, 11) is -2.22. The van der Waals surface area contributed by atoms with Crippen LogP contribution in [0.15, 0.2) is 12.1 Å². The molecule has 0 amide bonds. The van der Waals surface area contributed by atoms with Gasteiger partial charge in [0.2, 0.25) is 5.82 Å². The number of nitriles is 1. The van der Waals surface area contributed by atoms with Crippen molar-refractivity contribution in [2.75, 3.05) is 0 Å². The summed E-state index contributed by atoms with van der Waals surface area (Å²) in [5, 5.41) is 8.50. The molecular formula is C13H17F2NOSi. The Morgan fingerprint density at radius 2 is 1.72 bits per heavy atom. The molecule has 0 N–H and O–H groups in total. The van der Waals surface area contributed by atoms with E-state index < -0.39 is 20.0 Å². The third kappa shape index (κ3) is 2.70. The maximum Gasteiger partial charge on any atom is 0.250 e. The minimum Gasteiger partial charge on any atom is -0.541 e. The summed E-state index contributed by atoms with van der Waals surface area (Å²) in [6.07, 6.45) is 0. The second kappa shape index (κ2) is 4.69. The first kappa shape index (κ1) is 14.6. The van der Waals surface area contributed by atoms with Crippen LogP contribution in [-0.2, 0) is 0 Å². The van der Waals surface area contributed by atoms with Gasteiger partial charge in [-0.1, -0.05) is 20.8 Å². The molecule has 0 unspecified atom stereocenters. The van der Waals surface area contributed by atoms with Crippen LogP contribution in [0.1, 0.15) is 26.3 Å². The minimum atomic E-state index is -2.22. The van der Waals surface area contributed by atoms with Crippen molar-refractivity contribution >= 4 is 8.32 Å². The van der Waals surface area contributed by atoms with Crippen LogP contribution in [-0.4, -0.2) is 8.32 Å². The van der Waals surface area contributed by atoms with Crippen LogP contribution in [0.2, 0.25) is 18.1 Å². The molecule has 0 aliphatic rings. The van der Waals surface area contributed by atoms with Gasteiger partial charge < -0.3 is 4.43 Å². The minimum absolute atomic E-state index is 0.107. The van der Waals surface area contributed by atoms with Crippen molar-refractivity contribution < 1.29 is 13.2 Å². The average Bonchev–Trinajstić information content (AvgIpc) is 2.23. The summed E-state index contributed by atoms with van der Waals surface area (Å²) in [6.45, 7) is 9.93. The molecule has 0 atom stereocenters. The van der Waals surface area contributed by atoms with E-state index in [0.717, 1.165) is 0 Å². The van der Waals surface area contributed by atoms with Crippen LogP contribution in [0.25, 0.3) is 0 Å². The van der Waals surface area contributed by atoms with Gasteiger partial charge in [0.25, 0.3) is 8.32 Å². The van der Waals surface area contributed by atoms with Crippen LogP contribution in [0.3, 0.4) is 0 Å². The first-order valence-corrected chi connectivity index (χ1v) is 8.58. The Balaban J connectivity index is 3.16. The Morgan fingerprint density at radius 1 is 1.17 bits per heavy atom. The molecule has 0 heterocycles. The second-order valence-corrected chi connectivity index (χ2v) is 10.4. The van der Waals surface area contributed by atoms with Gasteiger partial charge in [0, 0.05) is 0 Å². The molecule has 5 heteroatoms. The zero-order valence-electron chi connectivity index (χ0n) is 11.3. The number of hydrogen-bond donors (Lipinski definition) is 0. The predicted octanol–water partition coefficient (Wildman–Crippen LogP) is 4.22. The van der Waals surface area contributed by atoms with Gasteiger partial charge in [-0.25, -0.2) is 4.39 Å². The zero-order chi connectivity index (χ0) is 14.1. The molecule has 0 saturated heterocycles. The number of rotatable bonds is 2. The van der Waals surface area contributed by atoms with E-state index in [9.17, 15) is 8.78 Å². The van der Waals surface area contributed by atoms with Gasteiger partial charge in [0.1, 0.15) is 11.8 Å². The first-order valence-electron chi connectivity index (χ1n) is 5.67. The molecule has 0 aliphatic carbocycles. The SMILES string of the molecule is CC(C)(C)[Si](C)(C)Oc1ccc(C#N)c(F)c1F. The molecule has 0 aromatic heterocycles. The molecular weight excluding hydrogens is 252 g/mol. The van der Waals surface area contributed by atoms with Gasteiger partial charge in [0.05, 0.1) is 5.56 Å².